The fourth-order valence-corrected chi connectivity index (χ4v) is 3.53. The Bertz CT molecular complexity index is 738. The maximum atomic E-state index is 11.1. The van der Waals surface area contributed by atoms with Gasteiger partial charge in [-0.1, -0.05) is 17.4 Å². The second-order valence-electron chi connectivity index (χ2n) is 3.24. The number of nitrogens with two attached hydrogens (primary N) is 1. The zero-order valence-corrected chi connectivity index (χ0v) is 10.7. The fourth-order valence-electron chi connectivity index (χ4n) is 1.34. The van der Waals surface area contributed by atoms with E-state index >= 15 is 0 Å². The molecule has 0 radical (unpaired) electrons. The fraction of sp³-hybridized carbons (Fsp3) is 0. The topological polar surface area (TPSA) is 90.4 Å². The Hall–Kier alpha value is -1.29. The van der Waals surface area contributed by atoms with Gasteiger partial charge in [-0.2, -0.15) is 0 Å². The van der Waals surface area contributed by atoms with E-state index in [1.807, 2.05) is 17.5 Å². The summed E-state index contributed by atoms with van der Waals surface area (Å²) in [5.74, 6) is 0. The lowest BCUT2D eigenvalue weighted by Crippen LogP contribution is -2.11. The molecule has 17 heavy (non-hydrogen) atoms. The molecule has 2 N–H and O–H groups in total. The Morgan fingerprint density at radius 2 is 2.24 bits per heavy atom. The average molecular weight is 286 g/mol. The van der Waals surface area contributed by atoms with E-state index in [4.69, 9.17) is 5.14 Å². The number of hydrogen-bond donors (Lipinski definition) is 1. The van der Waals surface area contributed by atoms with Crippen molar-refractivity contribution in [3.63, 3.8) is 0 Å². The number of imidazole rings is 1. The summed E-state index contributed by atoms with van der Waals surface area (Å²) in [5.41, 5.74) is 0.778. The molecule has 3 aromatic rings. The third-order valence-electron chi connectivity index (χ3n) is 2.04. The van der Waals surface area contributed by atoms with Crippen LogP contribution in [0.1, 0.15) is 0 Å². The molecule has 0 aromatic carbocycles. The largest absolute Gasteiger partial charge is 0.267 e. The number of fused-ring (bicyclic) bond motifs is 1. The molecule has 0 fully saturated rings. The van der Waals surface area contributed by atoms with Gasteiger partial charge in [0, 0.05) is 0 Å². The number of hydrogen-bond acceptors (Lipinski definition) is 6. The van der Waals surface area contributed by atoms with E-state index in [1.165, 1.54) is 4.52 Å². The van der Waals surface area contributed by atoms with Crippen LogP contribution in [0, 0.1) is 0 Å². The minimum absolute atomic E-state index is 0.127. The Labute approximate surface area is 104 Å². The second kappa shape index (κ2) is 3.60. The van der Waals surface area contributed by atoms with E-state index in [1.54, 1.807) is 17.5 Å². The minimum atomic E-state index is -3.75. The SMILES string of the molecule is NS(=O)(=O)c1nn2cc(-c3cccs3)nc2s1. The molecule has 0 atom stereocenters. The van der Waals surface area contributed by atoms with Gasteiger partial charge in [0.2, 0.25) is 9.30 Å². The Balaban J connectivity index is 2.14. The van der Waals surface area contributed by atoms with Crippen LogP contribution in [0.25, 0.3) is 15.5 Å². The summed E-state index contributed by atoms with van der Waals surface area (Å²) >= 11 is 2.52. The molecule has 9 heteroatoms. The van der Waals surface area contributed by atoms with Gasteiger partial charge < -0.3 is 0 Å². The van der Waals surface area contributed by atoms with Crippen LogP contribution >= 0.6 is 22.7 Å². The van der Waals surface area contributed by atoms with Crippen molar-refractivity contribution in [3.8, 4) is 10.6 Å². The van der Waals surface area contributed by atoms with Crippen molar-refractivity contribution in [1.29, 1.82) is 0 Å². The van der Waals surface area contributed by atoms with Gasteiger partial charge in [0.15, 0.2) is 0 Å². The van der Waals surface area contributed by atoms with E-state index in [9.17, 15) is 8.42 Å². The van der Waals surface area contributed by atoms with Gasteiger partial charge >= 0.3 is 0 Å². The van der Waals surface area contributed by atoms with Crippen molar-refractivity contribution in [3.05, 3.63) is 23.7 Å². The smallest absolute Gasteiger partial charge is 0.223 e. The van der Waals surface area contributed by atoms with Gasteiger partial charge in [-0.3, -0.25) is 0 Å². The molecule has 6 nitrogen and oxygen atoms in total. The van der Waals surface area contributed by atoms with E-state index in [0.717, 1.165) is 21.9 Å². The number of aromatic nitrogens is 3. The average Bonchev–Trinajstić information content (AvgIpc) is 2.90. The van der Waals surface area contributed by atoms with Crippen LogP contribution in [0.2, 0.25) is 0 Å². The van der Waals surface area contributed by atoms with Gasteiger partial charge in [-0.05, 0) is 11.4 Å². The summed E-state index contributed by atoms with van der Waals surface area (Å²) in [6.07, 6.45) is 1.69. The molecule has 3 aromatic heterocycles. The molecule has 0 unspecified atom stereocenters. The molecule has 3 heterocycles. The third-order valence-corrected chi connectivity index (χ3v) is 5.17. The number of rotatable bonds is 2. The second-order valence-corrected chi connectivity index (χ2v) is 6.88. The van der Waals surface area contributed by atoms with Gasteiger partial charge in [-0.15, -0.1) is 16.4 Å². The van der Waals surface area contributed by atoms with Crippen molar-refractivity contribution in [2.45, 2.75) is 4.34 Å². The summed E-state index contributed by atoms with van der Waals surface area (Å²) in [5, 5.41) is 10.8. The summed E-state index contributed by atoms with van der Waals surface area (Å²) in [6.45, 7) is 0. The predicted molar refractivity (Wildman–Crippen MR) is 65.6 cm³/mol. The molecule has 0 aliphatic rings. The number of thiophene rings is 1. The predicted octanol–water partition coefficient (Wildman–Crippen LogP) is 1.17. The lowest BCUT2D eigenvalue weighted by molar-refractivity contribution is 0.595. The molecule has 0 aliphatic heterocycles. The Kier molecular flexibility index (Phi) is 2.30. The van der Waals surface area contributed by atoms with E-state index in [-0.39, 0.29) is 4.34 Å². The van der Waals surface area contributed by atoms with Crippen LogP contribution in [0.3, 0.4) is 0 Å². The highest BCUT2D eigenvalue weighted by Crippen LogP contribution is 2.26. The molecular weight excluding hydrogens is 280 g/mol. The molecule has 0 saturated heterocycles. The van der Waals surface area contributed by atoms with Crippen molar-refractivity contribution in [1.82, 2.24) is 14.6 Å². The summed E-state index contributed by atoms with van der Waals surface area (Å²) in [6, 6.07) is 3.87. The third kappa shape index (κ3) is 1.86. The highest BCUT2D eigenvalue weighted by atomic mass is 32.2. The van der Waals surface area contributed by atoms with E-state index in [0.29, 0.717) is 4.96 Å². The highest BCUT2D eigenvalue weighted by Gasteiger charge is 2.17. The van der Waals surface area contributed by atoms with Crippen molar-refractivity contribution < 1.29 is 8.42 Å². The van der Waals surface area contributed by atoms with Gasteiger partial charge in [-0.25, -0.2) is 23.1 Å². The van der Waals surface area contributed by atoms with E-state index in [2.05, 4.69) is 10.1 Å². The van der Waals surface area contributed by atoms with Crippen LogP contribution in [0.15, 0.2) is 28.0 Å². The van der Waals surface area contributed by atoms with Crippen LogP contribution in [0.5, 0.6) is 0 Å². The molecule has 0 spiro atoms. The first kappa shape index (κ1) is 10.8. The monoisotopic (exact) mass is 286 g/mol. The summed E-state index contributed by atoms with van der Waals surface area (Å²) in [4.78, 5) is 5.82. The maximum Gasteiger partial charge on any atom is 0.267 e. The van der Waals surface area contributed by atoms with Crippen LogP contribution in [-0.2, 0) is 10.0 Å². The van der Waals surface area contributed by atoms with Gasteiger partial charge in [0.05, 0.1) is 11.1 Å². The van der Waals surface area contributed by atoms with Crippen LogP contribution in [0.4, 0.5) is 0 Å². The maximum absolute atomic E-state index is 11.1. The van der Waals surface area contributed by atoms with Gasteiger partial charge in [0.1, 0.15) is 5.69 Å². The zero-order chi connectivity index (χ0) is 12.0. The van der Waals surface area contributed by atoms with Crippen LogP contribution < -0.4 is 5.14 Å². The molecule has 0 amide bonds. The lowest BCUT2D eigenvalue weighted by Gasteiger charge is -1.87. The Morgan fingerprint density at radius 1 is 1.41 bits per heavy atom. The Morgan fingerprint density at radius 3 is 2.82 bits per heavy atom. The van der Waals surface area contributed by atoms with Gasteiger partial charge in [0.25, 0.3) is 10.0 Å². The summed E-state index contributed by atoms with van der Waals surface area (Å²) < 4.78 is 23.5. The standard InChI is InChI=1S/C8H6N4O2S3/c9-17(13,14)8-11-12-4-5(10-7(12)16-8)6-2-1-3-15-6/h1-4H,(H2,9,13,14). The van der Waals surface area contributed by atoms with Crippen molar-refractivity contribution in [2.75, 3.05) is 0 Å². The zero-order valence-electron chi connectivity index (χ0n) is 8.27. The van der Waals surface area contributed by atoms with Crippen LogP contribution in [-0.4, -0.2) is 23.0 Å². The lowest BCUT2D eigenvalue weighted by atomic mass is 10.4. The first-order valence-electron chi connectivity index (χ1n) is 4.47. The molecular formula is C8H6N4O2S3. The molecule has 0 saturated carbocycles. The molecule has 0 aliphatic carbocycles. The number of nitrogens with zero attached hydrogens (tertiary/aromatic N) is 3. The number of sulfonamides is 1. The minimum Gasteiger partial charge on any atom is -0.223 e. The van der Waals surface area contributed by atoms with Crippen molar-refractivity contribution in [2.24, 2.45) is 5.14 Å². The highest BCUT2D eigenvalue weighted by molar-refractivity contribution is 7.91. The quantitative estimate of drug-likeness (QED) is 0.765. The van der Waals surface area contributed by atoms with Crippen molar-refractivity contribution >= 4 is 37.7 Å². The normalized spacial score (nSPS) is 12.3. The molecule has 3 rings (SSSR count). The summed E-state index contributed by atoms with van der Waals surface area (Å²) in [7, 11) is -3.75. The molecule has 0 bridgehead atoms. The number of primary sulfonamides is 1. The first-order valence-corrected chi connectivity index (χ1v) is 7.71. The molecule has 88 valence electrons. The van der Waals surface area contributed by atoms with E-state index < -0.39 is 10.0 Å². The first-order chi connectivity index (χ1) is 8.04.